The number of aromatic nitrogens is 1. The monoisotopic (exact) mass is 210 g/mol. The Kier molecular flexibility index (Phi) is 3.50. The molecule has 1 heterocycles. The van der Waals surface area contributed by atoms with Crippen LogP contribution in [0.2, 0.25) is 0 Å². The first kappa shape index (κ1) is 10.6. The van der Waals surface area contributed by atoms with Crippen molar-refractivity contribution in [3.8, 4) is 0 Å². The van der Waals surface area contributed by atoms with Crippen molar-refractivity contribution in [2.75, 3.05) is 0 Å². The van der Waals surface area contributed by atoms with Crippen LogP contribution >= 0.6 is 0 Å². The molecule has 0 aliphatic rings. The molecular formula is C15H16N+. The van der Waals surface area contributed by atoms with E-state index in [0.717, 1.165) is 6.42 Å². The van der Waals surface area contributed by atoms with E-state index in [1.54, 1.807) is 0 Å². The summed E-state index contributed by atoms with van der Waals surface area (Å²) in [6.07, 6.45) is 9.31. The van der Waals surface area contributed by atoms with E-state index in [0.29, 0.717) is 0 Å². The van der Waals surface area contributed by atoms with Crippen molar-refractivity contribution < 1.29 is 4.57 Å². The molecule has 0 N–H and O–H groups in total. The summed E-state index contributed by atoms with van der Waals surface area (Å²) < 4.78 is 2.04. The van der Waals surface area contributed by atoms with Gasteiger partial charge in [0.25, 0.3) is 0 Å². The molecule has 1 heteroatoms. The van der Waals surface area contributed by atoms with E-state index in [1.807, 2.05) is 35.2 Å². The van der Waals surface area contributed by atoms with Gasteiger partial charge in [0.2, 0.25) is 0 Å². The van der Waals surface area contributed by atoms with Crippen LogP contribution in [0.15, 0.2) is 54.9 Å². The summed E-state index contributed by atoms with van der Waals surface area (Å²) in [5.41, 5.74) is 2.61. The third kappa shape index (κ3) is 2.80. The van der Waals surface area contributed by atoms with E-state index in [9.17, 15) is 0 Å². The van der Waals surface area contributed by atoms with Crippen LogP contribution in [0.5, 0.6) is 0 Å². The van der Waals surface area contributed by atoms with Crippen molar-refractivity contribution in [1.29, 1.82) is 0 Å². The smallest absolute Gasteiger partial charge is 0.174 e. The first-order valence-corrected chi connectivity index (χ1v) is 5.61. The summed E-state index contributed by atoms with van der Waals surface area (Å²) in [4.78, 5) is 0. The van der Waals surface area contributed by atoms with Gasteiger partial charge in [-0.05, 0) is 17.5 Å². The zero-order valence-corrected chi connectivity index (χ0v) is 9.51. The third-order valence-corrected chi connectivity index (χ3v) is 2.57. The highest BCUT2D eigenvalue weighted by Crippen LogP contribution is 2.06. The lowest BCUT2D eigenvalue weighted by atomic mass is 10.1. The normalized spacial score (nSPS) is 10.8. The number of aryl methyl sites for hydroxylation is 1. The zero-order chi connectivity index (χ0) is 11.2. The Morgan fingerprint density at radius 1 is 1.00 bits per heavy atom. The maximum absolute atomic E-state index is 2.18. The molecule has 2 aromatic rings. The van der Waals surface area contributed by atoms with E-state index in [4.69, 9.17) is 0 Å². The molecule has 1 nitrogen and oxygen atoms in total. The predicted molar refractivity (Wildman–Crippen MR) is 67.7 cm³/mol. The molecule has 1 aromatic heterocycles. The van der Waals surface area contributed by atoms with E-state index in [2.05, 4.69) is 43.5 Å². The Morgan fingerprint density at radius 3 is 2.31 bits per heavy atom. The molecule has 0 atom stereocenters. The lowest BCUT2D eigenvalue weighted by Crippen LogP contribution is -2.23. The van der Waals surface area contributed by atoms with Gasteiger partial charge in [-0.3, -0.25) is 0 Å². The van der Waals surface area contributed by atoms with Gasteiger partial charge in [0.1, 0.15) is 0 Å². The summed E-state index contributed by atoms with van der Waals surface area (Å²) in [6.45, 7) is 2.17. The molecule has 0 saturated carbocycles. The van der Waals surface area contributed by atoms with Gasteiger partial charge >= 0.3 is 0 Å². The van der Waals surface area contributed by atoms with Crippen LogP contribution in [0, 0.1) is 0 Å². The summed E-state index contributed by atoms with van der Waals surface area (Å²) >= 11 is 0. The average molecular weight is 210 g/mol. The fourth-order valence-corrected chi connectivity index (χ4v) is 1.55. The molecule has 0 bridgehead atoms. The van der Waals surface area contributed by atoms with Crippen molar-refractivity contribution >= 4 is 12.3 Å². The minimum Gasteiger partial charge on any atom is -0.174 e. The van der Waals surface area contributed by atoms with Gasteiger partial charge in [-0.25, -0.2) is 0 Å². The minimum absolute atomic E-state index is 1.09. The van der Waals surface area contributed by atoms with E-state index in [-0.39, 0.29) is 0 Å². The van der Waals surface area contributed by atoms with Gasteiger partial charge < -0.3 is 0 Å². The molecule has 2 rings (SSSR count). The Morgan fingerprint density at radius 2 is 1.69 bits per heavy atom. The lowest BCUT2D eigenvalue weighted by molar-refractivity contribution is -0.567. The average Bonchev–Trinajstić information content (AvgIpc) is 2.38. The van der Waals surface area contributed by atoms with Gasteiger partial charge in [0.15, 0.2) is 18.6 Å². The fourth-order valence-electron chi connectivity index (χ4n) is 1.55. The number of hydrogen-bond acceptors (Lipinski definition) is 0. The van der Waals surface area contributed by atoms with Crippen LogP contribution in [0.1, 0.15) is 18.1 Å². The van der Waals surface area contributed by atoms with Crippen molar-refractivity contribution in [3.63, 3.8) is 0 Å². The molecule has 0 aliphatic carbocycles. The summed E-state index contributed by atoms with van der Waals surface area (Å²) in [7, 11) is 0. The molecular weight excluding hydrogens is 194 g/mol. The number of pyridine rings is 1. The largest absolute Gasteiger partial charge is 0.175 e. The molecule has 0 unspecified atom stereocenters. The van der Waals surface area contributed by atoms with Crippen molar-refractivity contribution in [3.05, 3.63) is 66.0 Å². The van der Waals surface area contributed by atoms with Crippen LogP contribution in [0.3, 0.4) is 0 Å². The molecule has 0 fully saturated rings. The zero-order valence-electron chi connectivity index (χ0n) is 9.51. The van der Waals surface area contributed by atoms with Crippen LogP contribution in [0.4, 0.5) is 0 Å². The van der Waals surface area contributed by atoms with Crippen molar-refractivity contribution in [2.45, 2.75) is 13.3 Å². The van der Waals surface area contributed by atoms with Crippen molar-refractivity contribution in [1.82, 2.24) is 0 Å². The number of rotatable bonds is 3. The fraction of sp³-hybridized carbons (Fsp3) is 0.133. The maximum Gasteiger partial charge on any atom is 0.175 e. The van der Waals surface area contributed by atoms with E-state index < -0.39 is 0 Å². The lowest BCUT2D eigenvalue weighted by Gasteiger charge is -1.96. The maximum atomic E-state index is 2.18. The number of benzene rings is 1. The summed E-state index contributed by atoms with van der Waals surface area (Å²) in [5.74, 6) is 0. The number of hydrogen-bond donors (Lipinski definition) is 0. The summed E-state index contributed by atoms with van der Waals surface area (Å²) in [5, 5.41) is 0. The van der Waals surface area contributed by atoms with Crippen LogP contribution < -0.4 is 4.57 Å². The SMILES string of the molecule is CCc1ccc(C=C[n+]2ccccc2)cc1. The van der Waals surface area contributed by atoms with Crippen LogP contribution in [0.25, 0.3) is 12.3 Å². The predicted octanol–water partition coefficient (Wildman–Crippen LogP) is 3.16. The van der Waals surface area contributed by atoms with Gasteiger partial charge in [-0.2, -0.15) is 4.57 Å². The van der Waals surface area contributed by atoms with Gasteiger partial charge in [0, 0.05) is 18.2 Å². The molecule has 0 spiro atoms. The molecule has 1 aromatic carbocycles. The van der Waals surface area contributed by atoms with Crippen molar-refractivity contribution in [2.24, 2.45) is 0 Å². The highest BCUT2D eigenvalue weighted by atomic mass is 14.9. The standard InChI is InChI=1S/C15H16N/c1-2-14-6-8-15(9-7-14)10-13-16-11-4-3-5-12-16/h3-13H,2H2,1H3/q+1. The molecule has 0 saturated heterocycles. The molecule has 16 heavy (non-hydrogen) atoms. The second kappa shape index (κ2) is 5.26. The Hall–Kier alpha value is -1.89. The Bertz CT molecular complexity index is 455. The molecule has 80 valence electrons. The van der Waals surface area contributed by atoms with E-state index in [1.165, 1.54) is 11.1 Å². The van der Waals surface area contributed by atoms with Crippen LogP contribution in [-0.2, 0) is 6.42 Å². The van der Waals surface area contributed by atoms with E-state index >= 15 is 0 Å². The Balaban J connectivity index is 2.12. The van der Waals surface area contributed by atoms with Gasteiger partial charge in [-0.15, -0.1) is 0 Å². The first-order chi connectivity index (χ1) is 7.88. The minimum atomic E-state index is 1.09. The molecule has 0 radical (unpaired) electrons. The van der Waals surface area contributed by atoms with Gasteiger partial charge in [0.05, 0.1) is 0 Å². The second-order valence-corrected chi connectivity index (χ2v) is 3.73. The first-order valence-electron chi connectivity index (χ1n) is 5.61. The number of nitrogens with zero attached hydrogens (tertiary/aromatic N) is 1. The molecule has 0 aliphatic heterocycles. The third-order valence-electron chi connectivity index (χ3n) is 2.57. The highest BCUT2D eigenvalue weighted by Gasteiger charge is 1.92. The topological polar surface area (TPSA) is 3.88 Å². The Labute approximate surface area is 96.7 Å². The second-order valence-electron chi connectivity index (χ2n) is 3.73. The van der Waals surface area contributed by atoms with Gasteiger partial charge in [-0.1, -0.05) is 37.3 Å². The summed E-state index contributed by atoms with van der Waals surface area (Å²) in [6, 6.07) is 14.7. The quantitative estimate of drug-likeness (QED) is 0.685. The highest BCUT2D eigenvalue weighted by molar-refractivity contribution is 5.56. The molecule has 0 amide bonds. The van der Waals surface area contributed by atoms with Crippen LogP contribution in [-0.4, -0.2) is 0 Å².